The van der Waals surface area contributed by atoms with Gasteiger partial charge >= 0.3 is 0 Å². The van der Waals surface area contributed by atoms with Gasteiger partial charge in [0.2, 0.25) is 5.84 Å². The number of nitrogens with one attached hydrogen (secondary N) is 1. The van der Waals surface area contributed by atoms with E-state index in [1.165, 1.54) is 0 Å². The summed E-state index contributed by atoms with van der Waals surface area (Å²) in [5, 5.41) is 13.5. The van der Waals surface area contributed by atoms with Crippen LogP contribution in [-0.4, -0.2) is 5.84 Å². The Labute approximate surface area is 145 Å². The zero-order chi connectivity index (χ0) is 16.6. The third-order valence-electron chi connectivity index (χ3n) is 3.16. The van der Waals surface area contributed by atoms with Gasteiger partial charge in [-0.05, 0) is 30.3 Å². The largest absolute Gasteiger partial charge is 0.276 e. The van der Waals surface area contributed by atoms with Gasteiger partial charge in [0, 0.05) is 10.6 Å². The second-order valence-corrected chi connectivity index (χ2v) is 5.40. The first-order valence-corrected chi connectivity index (χ1v) is 7.80. The predicted molar refractivity (Wildman–Crippen MR) is 99.0 cm³/mol. The van der Waals surface area contributed by atoms with Crippen molar-refractivity contribution in [2.45, 2.75) is 0 Å². The van der Waals surface area contributed by atoms with E-state index in [4.69, 9.17) is 11.6 Å². The number of hydrogen-bond donors (Lipinski definition) is 1. The predicted octanol–water partition coefficient (Wildman–Crippen LogP) is 5.90. The Morgan fingerprint density at radius 2 is 1.50 bits per heavy atom. The van der Waals surface area contributed by atoms with Crippen LogP contribution in [0, 0.1) is 0 Å². The molecule has 0 radical (unpaired) electrons. The summed E-state index contributed by atoms with van der Waals surface area (Å²) in [5.74, 6) is 0.486. The summed E-state index contributed by atoms with van der Waals surface area (Å²) >= 11 is 5.99. The van der Waals surface area contributed by atoms with E-state index in [0.29, 0.717) is 10.9 Å². The van der Waals surface area contributed by atoms with Crippen molar-refractivity contribution >= 4 is 28.8 Å². The SMILES string of the molecule is Clc1cccc(N/N=C(\N=Nc2ccccc2)c2ccccc2)c1. The van der Waals surface area contributed by atoms with E-state index in [9.17, 15) is 0 Å². The lowest BCUT2D eigenvalue weighted by atomic mass is 10.2. The molecule has 0 saturated carbocycles. The first-order valence-electron chi connectivity index (χ1n) is 7.43. The number of hydrogen-bond acceptors (Lipinski definition) is 3. The van der Waals surface area contributed by atoms with Crippen molar-refractivity contribution < 1.29 is 0 Å². The van der Waals surface area contributed by atoms with Gasteiger partial charge in [0.1, 0.15) is 0 Å². The first-order chi connectivity index (χ1) is 11.8. The van der Waals surface area contributed by atoms with Gasteiger partial charge in [0.15, 0.2) is 0 Å². The number of nitrogens with zero attached hydrogens (tertiary/aromatic N) is 3. The Morgan fingerprint density at radius 3 is 2.21 bits per heavy atom. The molecule has 5 heteroatoms. The molecule has 0 amide bonds. The number of benzene rings is 3. The maximum absolute atomic E-state index is 5.99. The Hall–Kier alpha value is -2.98. The van der Waals surface area contributed by atoms with E-state index in [2.05, 4.69) is 20.8 Å². The Morgan fingerprint density at radius 1 is 0.792 bits per heavy atom. The van der Waals surface area contributed by atoms with E-state index < -0.39 is 0 Å². The van der Waals surface area contributed by atoms with Gasteiger partial charge in [0.25, 0.3) is 0 Å². The average molecular weight is 335 g/mol. The number of anilines is 1. The van der Waals surface area contributed by atoms with Crippen LogP contribution in [0.2, 0.25) is 5.02 Å². The van der Waals surface area contributed by atoms with Crippen LogP contribution >= 0.6 is 11.6 Å². The van der Waals surface area contributed by atoms with Crippen LogP contribution in [0.3, 0.4) is 0 Å². The molecule has 0 aliphatic carbocycles. The Bertz CT molecular complexity index is 846. The number of hydrazone groups is 1. The quantitative estimate of drug-likeness (QED) is 0.274. The summed E-state index contributed by atoms with van der Waals surface area (Å²) in [6, 6.07) is 26.6. The molecule has 4 nitrogen and oxygen atoms in total. The van der Waals surface area contributed by atoms with Crippen LogP contribution in [0.4, 0.5) is 11.4 Å². The van der Waals surface area contributed by atoms with Gasteiger partial charge in [-0.25, -0.2) is 0 Å². The van der Waals surface area contributed by atoms with Crippen LogP contribution in [0.1, 0.15) is 5.56 Å². The van der Waals surface area contributed by atoms with Crippen molar-refractivity contribution in [2.75, 3.05) is 5.43 Å². The van der Waals surface area contributed by atoms with Gasteiger partial charge < -0.3 is 0 Å². The summed E-state index contributed by atoms with van der Waals surface area (Å²) in [4.78, 5) is 0. The standard InChI is InChI=1S/C19H15ClN4/c20-16-10-7-13-18(14-16)22-24-19(15-8-3-1-4-9-15)23-21-17-11-5-2-6-12-17/h1-14,22H/b23-21?,24-19-. The van der Waals surface area contributed by atoms with Crippen molar-refractivity contribution in [3.8, 4) is 0 Å². The number of halogens is 1. The maximum atomic E-state index is 5.99. The molecule has 0 aromatic heterocycles. The molecule has 3 aromatic rings. The monoisotopic (exact) mass is 334 g/mol. The fraction of sp³-hybridized carbons (Fsp3) is 0. The summed E-state index contributed by atoms with van der Waals surface area (Å²) in [5.41, 5.74) is 5.39. The van der Waals surface area contributed by atoms with Gasteiger partial charge in [0.05, 0.1) is 11.4 Å². The average Bonchev–Trinajstić information content (AvgIpc) is 2.63. The highest BCUT2D eigenvalue weighted by atomic mass is 35.5. The van der Waals surface area contributed by atoms with E-state index >= 15 is 0 Å². The van der Waals surface area contributed by atoms with Crippen LogP contribution in [0.15, 0.2) is 100 Å². The molecule has 0 saturated heterocycles. The highest BCUT2D eigenvalue weighted by molar-refractivity contribution is 6.30. The molecule has 3 aromatic carbocycles. The summed E-state index contributed by atoms with van der Waals surface area (Å²) in [7, 11) is 0. The minimum Gasteiger partial charge on any atom is -0.276 e. The van der Waals surface area contributed by atoms with Crippen molar-refractivity contribution in [2.24, 2.45) is 15.3 Å². The molecular formula is C19H15ClN4. The lowest BCUT2D eigenvalue weighted by Crippen LogP contribution is -2.01. The molecule has 1 N–H and O–H groups in total. The lowest BCUT2D eigenvalue weighted by Gasteiger charge is -2.03. The van der Waals surface area contributed by atoms with Crippen LogP contribution in [-0.2, 0) is 0 Å². The molecule has 118 valence electrons. The molecular weight excluding hydrogens is 320 g/mol. The summed E-state index contributed by atoms with van der Waals surface area (Å²) < 4.78 is 0. The fourth-order valence-corrected chi connectivity index (χ4v) is 2.20. The zero-order valence-electron chi connectivity index (χ0n) is 12.8. The molecule has 3 rings (SSSR count). The molecule has 0 bridgehead atoms. The first kappa shape index (κ1) is 15.9. The van der Waals surface area contributed by atoms with Crippen LogP contribution in [0.5, 0.6) is 0 Å². The second-order valence-electron chi connectivity index (χ2n) is 4.96. The zero-order valence-corrected chi connectivity index (χ0v) is 13.6. The van der Waals surface area contributed by atoms with E-state index in [-0.39, 0.29) is 0 Å². The molecule has 0 aliphatic rings. The van der Waals surface area contributed by atoms with Gasteiger partial charge in [-0.3, -0.25) is 5.43 Å². The normalized spacial score (nSPS) is 11.6. The maximum Gasteiger partial charge on any atom is 0.201 e. The molecule has 0 fully saturated rings. The summed E-state index contributed by atoms with van der Waals surface area (Å²) in [6.45, 7) is 0. The van der Waals surface area contributed by atoms with E-state index in [1.54, 1.807) is 6.07 Å². The Kier molecular flexibility index (Phi) is 5.32. The highest BCUT2D eigenvalue weighted by Gasteiger charge is 2.02. The van der Waals surface area contributed by atoms with Crippen LogP contribution < -0.4 is 5.43 Å². The number of azo groups is 1. The van der Waals surface area contributed by atoms with Crippen molar-refractivity contribution in [1.82, 2.24) is 0 Å². The van der Waals surface area contributed by atoms with Gasteiger partial charge in [-0.1, -0.05) is 66.2 Å². The third-order valence-corrected chi connectivity index (χ3v) is 3.40. The topological polar surface area (TPSA) is 49.1 Å². The van der Waals surface area contributed by atoms with Crippen LogP contribution in [0.25, 0.3) is 0 Å². The molecule has 0 spiro atoms. The highest BCUT2D eigenvalue weighted by Crippen LogP contribution is 2.16. The molecule has 0 unspecified atom stereocenters. The second kappa shape index (κ2) is 8.04. The minimum atomic E-state index is 0.486. The smallest absolute Gasteiger partial charge is 0.201 e. The lowest BCUT2D eigenvalue weighted by molar-refractivity contribution is 1.22. The van der Waals surface area contributed by atoms with E-state index in [0.717, 1.165) is 16.9 Å². The van der Waals surface area contributed by atoms with E-state index in [1.807, 2.05) is 78.9 Å². The molecule has 0 atom stereocenters. The van der Waals surface area contributed by atoms with Crippen molar-refractivity contribution in [3.63, 3.8) is 0 Å². The number of amidine groups is 1. The van der Waals surface area contributed by atoms with Gasteiger partial charge in [-0.15, -0.1) is 10.2 Å². The minimum absolute atomic E-state index is 0.486. The third kappa shape index (κ3) is 4.51. The molecule has 24 heavy (non-hydrogen) atoms. The molecule has 0 aliphatic heterocycles. The van der Waals surface area contributed by atoms with Crippen molar-refractivity contribution in [1.29, 1.82) is 0 Å². The summed E-state index contributed by atoms with van der Waals surface area (Å²) in [6.07, 6.45) is 0. The van der Waals surface area contributed by atoms with Crippen molar-refractivity contribution in [3.05, 3.63) is 95.5 Å². The molecule has 0 heterocycles. The number of rotatable bonds is 4. The Balaban J connectivity index is 1.87. The fourth-order valence-electron chi connectivity index (χ4n) is 2.01. The van der Waals surface area contributed by atoms with Gasteiger partial charge in [-0.2, -0.15) is 5.10 Å².